The molecule has 4 rings (SSSR count). The highest BCUT2D eigenvalue weighted by molar-refractivity contribution is 5.90. The number of benzene rings is 1. The molecule has 4 amide bonds. The molecule has 7 heteroatoms. The molecule has 0 radical (unpaired) electrons. The van der Waals surface area contributed by atoms with Crippen molar-refractivity contribution in [2.24, 2.45) is 5.41 Å². The van der Waals surface area contributed by atoms with Crippen LogP contribution in [-0.2, 0) is 9.59 Å². The Morgan fingerprint density at radius 2 is 1.62 bits per heavy atom. The molecule has 1 aromatic carbocycles. The number of nitrogens with zero attached hydrogens (tertiary/aromatic N) is 3. The lowest BCUT2D eigenvalue weighted by molar-refractivity contribution is -0.144. The van der Waals surface area contributed by atoms with E-state index in [4.69, 9.17) is 0 Å². The summed E-state index contributed by atoms with van der Waals surface area (Å²) < 4.78 is 0. The number of para-hydroxylation sites is 1. The highest BCUT2D eigenvalue weighted by Crippen LogP contribution is 2.45. The van der Waals surface area contributed by atoms with Gasteiger partial charge in [0.1, 0.15) is 0 Å². The zero-order chi connectivity index (χ0) is 20.4. The topological polar surface area (TPSA) is 73.0 Å². The fourth-order valence-electron chi connectivity index (χ4n) is 5.28. The van der Waals surface area contributed by atoms with Crippen LogP contribution in [0.25, 0.3) is 0 Å². The average Bonchev–Trinajstić information content (AvgIpc) is 3.33. The van der Waals surface area contributed by atoms with Crippen LogP contribution in [0.5, 0.6) is 0 Å². The number of nitrogens with one attached hydrogen (secondary N) is 1. The zero-order valence-electron chi connectivity index (χ0n) is 17.1. The van der Waals surface area contributed by atoms with Crippen molar-refractivity contribution in [3.8, 4) is 0 Å². The van der Waals surface area contributed by atoms with Gasteiger partial charge in [-0.15, -0.1) is 0 Å². The molecule has 3 saturated heterocycles. The van der Waals surface area contributed by atoms with E-state index in [9.17, 15) is 14.4 Å². The molecular weight excluding hydrogens is 368 g/mol. The summed E-state index contributed by atoms with van der Waals surface area (Å²) in [5, 5.41) is 2.95. The monoisotopic (exact) mass is 398 g/mol. The summed E-state index contributed by atoms with van der Waals surface area (Å²) in [5.41, 5.74) is 0.202. The minimum absolute atomic E-state index is 0.0216. The van der Waals surface area contributed by atoms with E-state index in [0.29, 0.717) is 38.9 Å². The summed E-state index contributed by atoms with van der Waals surface area (Å²) in [5.74, 6) is 0.211. The standard InChI is InChI=1S/C22H30N4O3/c1-17(27)26-16-11-22(20(28)24-12-5-6-13-24)10-15-25(14-9-19(22)26)21(29)23-18-7-3-2-4-8-18/h2-4,7-8,19H,5-6,9-16H2,1H3,(H,23,29)/t19-,22+/m1/s1. The van der Waals surface area contributed by atoms with E-state index in [-0.39, 0.29) is 23.9 Å². The first kappa shape index (κ1) is 19.7. The van der Waals surface area contributed by atoms with E-state index in [0.717, 1.165) is 31.6 Å². The maximum absolute atomic E-state index is 13.6. The fourth-order valence-corrected chi connectivity index (χ4v) is 5.28. The third-order valence-electron chi connectivity index (χ3n) is 6.85. The van der Waals surface area contributed by atoms with Gasteiger partial charge in [-0.2, -0.15) is 0 Å². The van der Waals surface area contributed by atoms with E-state index in [1.807, 2.05) is 40.1 Å². The number of urea groups is 1. The van der Waals surface area contributed by atoms with Gasteiger partial charge in [0.15, 0.2) is 0 Å². The largest absolute Gasteiger partial charge is 0.342 e. The summed E-state index contributed by atoms with van der Waals surface area (Å²) >= 11 is 0. The molecule has 29 heavy (non-hydrogen) atoms. The maximum atomic E-state index is 13.6. The molecule has 1 N–H and O–H groups in total. The highest BCUT2D eigenvalue weighted by Gasteiger charge is 2.55. The molecule has 2 atom stereocenters. The number of carbonyl (C=O) groups is 3. The van der Waals surface area contributed by atoms with Gasteiger partial charge in [0.05, 0.1) is 5.41 Å². The number of amides is 4. The van der Waals surface area contributed by atoms with Crippen LogP contribution in [0, 0.1) is 5.41 Å². The van der Waals surface area contributed by atoms with E-state index in [1.165, 1.54) is 0 Å². The van der Waals surface area contributed by atoms with Crippen molar-refractivity contribution in [2.45, 2.75) is 45.1 Å². The Bertz CT molecular complexity index is 778. The predicted molar refractivity (Wildman–Crippen MR) is 110 cm³/mol. The van der Waals surface area contributed by atoms with Crippen LogP contribution < -0.4 is 5.32 Å². The van der Waals surface area contributed by atoms with Crippen LogP contribution in [-0.4, -0.2) is 71.3 Å². The molecule has 3 aliphatic heterocycles. The molecular formula is C22H30N4O3. The Morgan fingerprint density at radius 1 is 0.931 bits per heavy atom. The summed E-state index contributed by atoms with van der Waals surface area (Å²) in [4.78, 5) is 44.3. The van der Waals surface area contributed by atoms with Gasteiger partial charge in [-0.1, -0.05) is 18.2 Å². The number of rotatable bonds is 2. The minimum Gasteiger partial charge on any atom is -0.342 e. The summed E-state index contributed by atoms with van der Waals surface area (Å²) in [6.45, 7) is 4.91. The molecule has 7 nitrogen and oxygen atoms in total. The maximum Gasteiger partial charge on any atom is 0.321 e. The predicted octanol–water partition coefficient (Wildman–Crippen LogP) is 2.54. The molecule has 0 aliphatic carbocycles. The first-order chi connectivity index (χ1) is 14.0. The summed E-state index contributed by atoms with van der Waals surface area (Å²) in [6, 6.07) is 9.14. The van der Waals surface area contributed by atoms with Gasteiger partial charge in [0, 0.05) is 51.4 Å². The number of likely N-dealkylation sites (tertiary alicyclic amines) is 3. The van der Waals surface area contributed by atoms with E-state index in [2.05, 4.69) is 5.32 Å². The lowest BCUT2D eigenvalue weighted by Crippen LogP contribution is -2.51. The molecule has 0 aromatic heterocycles. The Kier molecular flexibility index (Phi) is 5.48. The van der Waals surface area contributed by atoms with Crippen LogP contribution in [0.15, 0.2) is 30.3 Å². The third kappa shape index (κ3) is 3.70. The van der Waals surface area contributed by atoms with E-state index in [1.54, 1.807) is 11.8 Å². The van der Waals surface area contributed by atoms with Crippen molar-refractivity contribution < 1.29 is 14.4 Å². The normalized spacial score (nSPS) is 26.8. The van der Waals surface area contributed by atoms with Gasteiger partial charge in [0.2, 0.25) is 11.8 Å². The van der Waals surface area contributed by atoms with E-state index < -0.39 is 5.41 Å². The molecule has 156 valence electrons. The van der Waals surface area contributed by atoms with Crippen LogP contribution in [0.4, 0.5) is 10.5 Å². The Labute approximate surface area is 172 Å². The number of carbonyl (C=O) groups excluding carboxylic acids is 3. The third-order valence-corrected chi connectivity index (χ3v) is 6.85. The van der Waals surface area contributed by atoms with Crippen LogP contribution in [0.1, 0.15) is 39.0 Å². The Hall–Kier alpha value is -2.57. The number of fused-ring (bicyclic) bond motifs is 1. The first-order valence-corrected chi connectivity index (χ1v) is 10.7. The first-order valence-electron chi connectivity index (χ1n) is 10.7. The average molecular weight is 399 g/mol. The van der Waals surface area contributed by atoms with Crippen molar-refractivity contribution in [1.82, 2.24) is 14.7 Å². The summed E-state index contributed by atoms with van der Waals surface area (Å²) in [6.07, 6.45) is 4.05. The second-order valence-electron chi connectivity index (χ2n) is 8.46. The Balaban J connectivity index is 1.54. The minimum atomic E-state index is -0.558. The highest BCUT2D eigenvalue weighted by atomic mass is 16.2. The van der Waals surface area contributed by atoms with Gasteiger partial charge in [-0.25, -0.2) is 4.79 Å². The molecule has 0 saturated carbocycles. The van der Waals surface area contributed by atoms with Crippen LogP contribution >= 0.6 is 0 Å². The molecule has 3 heterocycles. The van der Waals surface area contributed by atoms with Crippen molar-refractivity contribution >= 4 is 23.5 Å². The van der Waals surface area contributed by atoms with Gasteiger partial charge >= 0.3 is 6.03 Å². The fraction of sp³-hybridized carbons (Fsp3) is 0.591. The molecule has 3 fully saturated rings. The lowest BCUT2D eigenvalue weighted by Gasteiger charge is -2.37. The molecule has 0 unspecified atom stereocenters. The van der Waals surface area contributed by atoms with Crippen molar-refractivity contribution in [3.05, 3.63) is 30.3 Å². The van der Waals surface area contributed by atoms with Gasteiger partial charge in [-0.05, 0) is 44.2 Å². The van der Waals surface area contributed by atoms with Gasteiger partial charge in [-0.3, -0.25) is 9.59 Å². The quantitative estimate of drug-likeness (QED) is 0.832. The Morgan fingerprint density at radius 3 is 2.31 bits per heavy atom. The summed E-state index contributed by atoms with van der Waals surface area (Å²) in [7, 11) is 0. The second-order valence-corrected chi connectivity index (χ2v) is 8.46. The number of hydrogen-bond acceptors (Lipinski definition) is 3. The van der Waals surface area contributed by atoms with Crippen molar-refractivity contribution in [3.63, 3.8) is 0 Å². The zero-order valence-corrected chi connectivity index (χ0v) is 17.1. The molecule has 0 spiro atoms. The van der Waals surface area contributed by atoms with Crippen molar-refractivity contribution in [2.75, 3.05) is 38.0 Å². The van der Waals surface area contributed by atoms with E-state index >= 15 is 0 Å². The SMILES string of the molecule is CC(=O)N1CC[C@@]2(C(=O)N3CCCC3)CCN(C(=O)Nc3ccccc3)CC[C@@H]12. The second kappa shape index (κ2) is 8.05. The molecule has 1 aromatic rings. The van der Waals surface area contributed by atoms with Crippen molar-refractivity contribution in [1.29, 1.82) is 0 Å². The van der Waals surface area contributed by atoms with Crippen LogP contribution in [0.3, 0.4) is 0 Å². The van der Waals surface area contributed by atoms with Gasteiger partial charge < -0.3 is 20.0 Å². The lowest BCUT2D eigenvalue weighted by atomic mass is 9.75. The smallest absolute Gasteiger partial charge is 0.321 e. The molecule has 0 bridgehead atoms. The van der Waals surface area contributed by atoms with Crippen LogP contribution in [0.2, 0.25) is 0 Å². The van der Waals surface area contributed by atoms with Gasteiger partial charge in [0.25, 0.3) is 0 Å². The number of hydrogen-bond donors (Lipinski definition) is 1. The number of anilines is 1. The molecule has 3 aliphatic rings.